The van der Waals surface area contributed by atoms with E-state index >= 15 is 0 Å². The molecule has 0 fully saturated rings. The summed E-state index contributed by atoms with van der Waals surface area (Å²) in [5, 5.41) is 6.42. The molecule has 18 heavy (non-hydrogen) atoms. The van der Waals surface area contributed by atoms with Crippen molar-refractivity contribution in [3.05, 3.63) is 16.9 Å². The predicted molar refractivity (Wildman–Crippen MR) is 64.7 cm³/mol. The van der Waals surface area contributed by atoms with Crippen LogP contribution in [0, 0.1) is 0 Å². The highest BCUT2D eigenvalue weighted by Gasteiger charge is 2.43. The number of rotatable bonds is 5. The van der Waals surface area contributed by atoms with Gasteiger partial charge in [-0.3, -0.25) is 4.68 Å². The standard InChI is InChI=1S/C11H17ClF3N3/c1-4-5-16-10(11(13,14)15)9-8(12)6-17-18(9)7(2)3/h6-7,10,16H,4-5H2,1-3H3. The molecule has 1 N–H and O–H groups in total. The van der Waals surface area contributed by atoms with E-state index < -0.39 is 12.2 Å². The maximum absolute atomic E-state index is 13.1. The second-order valence-electron chi connectivity index (χ2n) is 4.34. The molecule has 1 aromatic heterocycles. The van der Waals surface area contributed by atoms with E-state index in [9.17, 15) is 13.2 Å². The average molecular weight is 284 g/mol. The highest BCUT2D eigenvalue weighted by atomic mass is 35.5. The van der Waals surface area contributed by atoms with E-state index in [4.69, 9.17) is 11.6 Å². The van der Waals surface area contributed by atoms with E-state index in [0.29, 0.717) is 6.42 Å². The number of nitrogens with one attached hydrogen (secondary N) is 1. The van der Waals surface area contributed by atoms with Gasteiger partial charge in [0.1, 0.15) is 6.04 Å². The van der Waals surface area contributed by atoms with Gasteiger partial charge in [-0.2, -0.15) is 18.3 Å². The van der Waals surface area contributed by atoms with Crippen LogP contribution in [0.4, 0.5) is 13.2 Å². The van der Waals surface area contributed by atoms with Crippen molar-refractivity contribution in [1.82, 2.24) is 15.1 Å². The second-order valence-corrected chi connectivity index (χ2v) is 4.75. The number of halogens is 4. The average Bonchev–Trinajstić information content (AvgIpc) is 2.59. The molecule has 0 saturated heterocycles. The van der Waals surface area contributed by atoms with E-state index in [1.54, 1.807) is 13.8 Å². The van der Waals surface area contributed by atoms with Crippen LogP contribution in [0.15, 0.2) is 6.20 Å². The second kappa shape index (κ2) is 5.93. The molecule has 0 radical (unpaired) electrons. The lowest BCUT2D eigenvalue weighted by atomic mass is 10.1. The molecule has 0 saturated carbocycles. The summed E-state index contributed by atoms with van der Waals surface area (Å²) in [6.45, 7) is 5.60. The van der Waals surface area contributed by atoms with Gasteiger partial charge in [-0.15, -0.1) is 0 Å². The van der Waals surface area contributed by atoms with Crippen molar-refractivity contribution in [2.75, 3.05) is 6.54 Å². The van der Waals surface area contributed by atoms with Gasteiger partial charge in [-0.25, -0.2) is 0 Å². The van der Waals surface area contributed by atoms with E-state index in [1.807, 2.05) is 6.92 Å². The first-order chi connectivity index (χ1) is 8.29. The Bertz CT molecular complexity index is 387. The molecule has 3 nitrogen and oxygen atoms in total. The zero-order valence-corrected chi connectivity index (χ0v) is 11.3. The highest BCUT2D eigenvalue weighted by Crippen LogP contribution is 2.37. The lowest BCUT2D eigenvalue weighted by molar-refractivity contribution is -0.159. The third-order valence-corrected chi connectivity index (χ3v) is 2.77. The Morgan fingerprint density at radius 3 is 2.50 bits per heavy atom. The normalized spacial score (nSPS) is 14.2. The molecule has 1 rings (SSSR count). The van der Waals surface area contributed by atoms with Gasteiger partial charge < -0.3 is 5.32 Å². The summed E-state index contributed by atoms with van der Waals surface area (Å²) in [4.78, 5) is 0. The Kier molecular flexibility index (Phi) is 5.04. The summed E-state index contributed by atoms with van der Waals surface area (Å²) in [5.74, 6) is 0. The molecule has 7 heteroatoms. The lowest BCUT2D eigenvalue weighted by Gasteiger charge is -2.24. The molecule has 104 valence electrons. The van der Waals surface area contributed by atoms with Crippen molar-refractivity contribution in [2.24, 2.45) is 0 Å². The van der Waals surface area contributed by atoms with Crippen LogP contribution in [0.2, 0.25) is 5.02 Å². The Balaban J connectivity index is 3.16. The molecule has 0 bridgehead atoms. The van der Waals surface area contributed by atoms with Crippen LogP contribution < -0.4 is 5.32 Å². The Morgan fingerprint density at radius 2 is 2.06 bits per heavy atom. The zero-order chi connectivity index (χ0) is 13.9. The Morgan fingerprint density at radius 1 is 1.44 bits per heavy atom. The molecule has 0 aromatic carbocycles. The molecular formula is C11H17ClF3N3. The van der Waals surface area contributed by atoms with E-state index in [-0.39, 0.29) is 23.3 Å². The largest absolute Gasteiger partial charge is 0.409 e. The molecule has 1 aromatic rings. The van der Waals surface area contributed by atoms with Crippen molar-refractivity contribution >= 4 is 11.6 Å². The molecule has 0 aliphatic rings. The molecular weight excluding hydrogens is 267 g/mol. The fourth-order valence-corrected chi connectivity index (χ4v) is 1.93. The van der Waals surface area contributed by atoms with E-state index in [1.165, 1.54) is 10.9 Å². The quantitative estimate of drug-likeness (QED) is 0.892. The SMILES string of the molecule is CCCNC(c1c(Cl)cnn1C(C)C)C(F)(F)F. The summed E-state index contributed by atoms with van der Waals surface area (Å²) in [5.41, 5.74) is -0.0207. The van der Waals surface area contributed by atoms with Gasteiger partial charge in [0.15, 0.2) is 0 Å². The molecule has 0 aliphatic carbocycles. The zero-order valence-electron chi connectivity index (χ0n) is 10.6. The van der Waals surface area contributed by atoms with E-state index in [2.05, 4.69) is 10.4 Å². The maximum Gasteiger partial charge on any atom is 0.409 e. The highest BCUT2D eigenvalue weighted by molar-refractivity contribution is 6.31. The maximum atomic E-state index is 13.1. The molecule has 1 unspecified atom stereocenters. The molecule has 1 atom stereocenters. The van der Waals surface area contributed by atoms with Gasteiger partial charge in [0.05, 0.1) is 16.9 Å². The summed E-state index contributed by atoms with van der Waals surface area (Å²) in [6, 6.07) is -1.96. The minimum Gasteiger partial charge on any atom is -0.301 e. The Hall–Kier alpha value is -0.750. The van der Waals surface area contributed by atoms with Crippen molar-refractivity contribution in [1.29, 1.82) is 0 Å². The van der Waals surface area contributed by atoms with Crippen molar-refractivity contribution < 1.29 is 13.2 Å². The van der Waals surface area contributed by atoms with Gasteiger partial charge in [0.2, 0.25) is 0 Å². The number of alkyl halides is 3. The van der Waals surface area contributed by atoms with Crippen LogP contribution in [-0.4, -0.2) is 22.5 Å². The topological polar surface area (TPSA) is 29.9 Å². The third kappa shape index (κ3) is 3.38. The number of nitrogens with zero attached hydrogens (tertiary/aromatic N) is 2. The molecule has 1 heterocycles. The van der Waals surface area contributed by atoms with Crippen molar-refractivity contribution in [3.63, 3.8) is 0 Å². The van der Waals surface area contributed by atoms with Gasteiger partial charge in [-0.1, -0.05) is 18.5 Å². The summed E-state index contributed by atoms with van der Waals surface area (Å²) in [6.07, 6.45) is -2.53. The first-order valence-corrected chi connectivity index (χ1v) is 6.19. The fourth-order valence-electron chi connectivity index (χ4n) is 1.69. The number of aromatic nitrogens is 2. The van der Waals surface area contributed by atoms with Crippen LogP contribution in [0.3, 0.4) is 0 Å². The molecule has 0 spiro atoms. The van der Waals surface area contributed by atoms with Crippen LogP contribution in [0.5, 0.6) is 0 Å². The summed E-state index contributed by atoms with van der Waals surface area (Å²) < 4.78 is 40.5. The summed E-state index contributed by atoms with van der Waals surface area (Å²) >= 11 is 5.85. The van der Waals surface area contributed by atoms with Crippen LogP contribution in [-0.2, 0) is 0 Å². The van der Waals surface area contributed by atoms with Crippen molar-refractivity contribution in [3.8, 4) is 0 Å². The third-order valence-electron chi connectivity index (χ3n) is 2.48. The number of hydrogen-bond donors (Lipinski definition) is 1. The van der Waals surface area contributed by atoms with Gasteiger partial charge in [0, 0.05) is 6.04 Å². The van der Waals surface area contributed by atoms with Crippen molar-refractivity contribution in [2.45, 2.75) is 45.5 Å². The predicted octanol–water partition coefficient (Wildman–Crippen LogP) is 3.72. The van der Waals surface area contributed by atoms with Crippen LogP contribution in [0.25, 0.3) is 0 Å². The minimum absolute atomic E-state index is 0.0207. The lowest BCUT2D eigenvalue weighted by Crippen LogP contribution is -2.36. The fraction of sp³-hybridized carbons (Fsp3) is 0.727. The van der Waals surface area contributed by atoms with Gasteiger partial charge in [0.25, 0.3) is 0 Å². The van der Waals surface area contributed by atoms with Crippen LogP contribution >= 0.6 is 11.6 Å². The van der Waals surface area contributed by atoms with Crippen LogP contribution in [0.1, 0.15) is 45.0 Å². The molecule has 0 amide bonds. The minimum atomic E-state index is -4.40. The Labute approximate surface area is 109 Å². The summed E-state index contributed by atoms with van der Waals surface area (Å²) in [7, 11) is 0. The molecule has 0 aliphatic heterocycles. The number of hydrogen-bond acceptors (Lipinski definition) is 2. The van der Waals surface area contributed by atoms with E-state index in [0.717, 1.165) is 0 Å². The van der Waals surface area contributed by atoms with Gasteiger partial charge in [-0.05, 0) is 26.8 Å². The first kappa shape index (κ1) is 15.3. The van der Waals surface area contributed by atoms with Gasteiger partial charge >= 0.3 is 6.18 Å². The first-order valence-electron chi connectivity index (χ1n) is 5.82. The smallest absolute Gasteiger partial charge is 0.301 e. The monoisotopic (exact) mass is 283 g/mol.